The van der Waals surface area contributed by atoms with E-state index in [1.54, 1.807) is 0 Å². The Morgan fingerprint density at radius 2 is 2.11 bits per heavy atom. The largest absolute Gasteiger partial charge is 0.326 e. The molecular formula is C15H21N3. The molecule has 3 nitrogen and oxygen atoms in total. The van der Waals surface area contributed by atoms with Gasteiger partial charge < -0.3 is 5.73 Å². The molecule has 0 aliphatic rings. The van der Waals surface area contributed by atoms with Gasteiger partial charge in [-0.15, -0.1) is 0 Å². The van der Waals surface area contributed by atoms with E-state index < -0.39 is 0 Å². The predicted octanol–water partition coefficient (Wildman–Crippen LogP) is 2.97. The lowest BCUT2D eigenvalue weighted by Crippen LogP contribution is -2.04. The Morgan fingerprint density at radius 3 is 2.78 bits per heavy atom. The Kier molecular flexibility index (Phi) is 3.82. The molecule has 0 aliphatic carbocycles. The Hall–Kier alpha value is -1.61. The first-order valence-corrected chi connectivity index (χ1v) is 6.43. The van der Waals surface area contributed by atoms with Gasteiger partial charge in [0.05, 0.1) is 6.20 Å². The van der Waals surface area contributed by atoms with Crippen LogP contribution in [0.15, 0.2) is 30.6 Å². The first-order chi connectivity index (χ1) is 8.61. The number of hydrogen-bond acceptors (Lipinski definition) is 2. The van der Waals surface area contributed by atoms with E-state index in [1.807, 2.05) is 10.9 Å². The third-order valence-electron chi connectivity index (χ3n) is 3.16. The Morgan fingerprint density at radius 1 is 1.33 bits per heavy atom. The SMILES string of the molecule is Cc1c(CN)cccc1-c1cnn(CC(C)C)c1. The number of benzene rings is 1. The van der Waals surface area contributed by atoms with Gasteiger partial charge in [-0.1, -0.05) is 32.0 Å². The molecule has 1 heterocycles. The lowest BCUT2D eigenvalue weighted by atomic mass is 9.99. The van der Waals surface area contributed by atoms with Crippen molar-refractivity contribution in [3.05, 3.63) is 41.7 Å². The number of hydrogen-bond donors (Lipinski definition) is 1. The van der Waals surface area contributed by atoms with Crippen LogP contribution < -0.4 is 5.73 Å². The summed E-state index contributed by atoms with van der Waals surface area (Å²) in [5, 5.41) is 4.41. The van der Waals surface area contributed by atoms with E-state index in [2.05, 4.69) is 50.3 Å². The Balaban J connectivity index is 2.34. The van der Waals surface area contributed by atoms with Crippen molar-refractivity contribution in [1.82, 2.24) is 9.78 Å². The summed E-state index contributed by atoms with van der Waals surface area (Å²) in [4.78, 5) is 0. The number of aromatic nitrogens is 2. The lowest BCUT2D eigenvalue weighted by molar-refractivity contribution is 0.483. The molecule has 1 aromatic heterocycles. The summed E-state index contributed by atoms with van der Waals surface area (Å²) < 4.78 is 2.01. The van der Waals surface area contributed by atoms with Crippen LogP contribution in [0.5, 0.6) is 0 Å². The van der Waals surface area contributed by atoms with Gasteiger partial charge in [-0.25, -0.2) is 0 Å². The lowest BCUT2D eigenvalue weighted by Gasteiger charge is -2.08. The Bertz CT molecular complexity index is 526. The van der Waals surface area contributed by atoms with Crippen LogP contribution in [0, 0.1) is 12.8 Å². The molecule has 0 amide bonds. The summed E-state index contributed by atoms with van der Waals surface area (Å²) in [6.07, 6.45) is 4.05. The molecular weight excluding hydrogens is 222 g/mol. The monoisotopic (exact) mass is 243 g/mol. The van der Waals surface area contributed by atoms with Crippen molar-refractivity contribution in [1.29, 1.82) is 0 Å². The first kappa shape index (κ1) is 12.8. The molecule has 0 saturated carbocycles. The fraction of sp³-hybridized carbons (Fsp3) is 0.400. The smallest absolute Gasteiger partial charge is 0.0568 e. The molecule has 1 aromatic carbocycles. The molecule has 0 atom stereocenters. The molecule has 0 aliphatic heterocycles. The summed E-state index contributed by atoms with van der Waals surface area (Å²) in [5.74, 6) is 0.606. The van der Waals surface area contributed by atoms with E-state index in [9.17, 15) is 0 Å². The molecule has 96 valence electrons. The van der Waals surface area contributed by atoms with Crippen LogP contribution in [0.4, 0.5) is 0 Å². The molecule has 2 aromatic rings. The van der Waals surface area contributed by atoms with Crippen LogP contribution in [0.3, 0.4) is 0 Å². The fourth-order valence-corrected chi connectivity index (χ4v) is 2.19. The van der Waals surface area contributed by atoms with Crippen molar-refractivity contribution >= 4 is 0 Å². The standard InChI is InChI=1S/C15H21N3/c1-11(2)9-18-10-14(8-17-18)15-6-4-5-13(7-16)12(15)3/h4-6,8,10-11H,7,9,16H2,1-3H3. The van der Waals surface area contributed by atoms with E-state index in [0.29, 0.717) is 12.5 Å². The van der Waals surface area contributed by atoms with Crippen molar-refractivity contribution in [2.75, 3.05) is 0 Å². The highest BCUT2D eigenvalue weighted by Crippen LogP contribution is 2.25. The number of rotatable bonds is 4. The van der Waals surface area contributed by atoms with Gasteiger partial charge in [0, 0.05) is 24.8 Å². The van der Waals surface area contributed by atoms with Crippen LogP contribution in [0.25, 0.3) is 11.1 Å². The summed E-state index contributed by atoms with van der Waals surface area (Å²) in [5.41, 5.74) is 10.6. The van der Waals surface area contributed by atoms with Crippen molar-refractivity contribution in [2.24, 2.45) is 11.7 Å². The van der Waals surface area contributed by atoms with Crippen LogP contribution in [0.1, 0.15) is 25.0 Å². The highest BCUT2D eigenvalue weighted by atomic mass is 15.3. The second-order valence-corrected chi connectivity index (χ2v) is 5.14. The molecule has 0 fully saturated rings. The van der Waals surface area contributed by atoms with Gasteiger partial charge in [-0.3, -0.25) is 4.68 Å². The van der Waals surface area contributed by atoms with Crippen LogP contribution >= 0.6 is 0 Å². The molecule has 0 unspecified atom stereocenters. The van der Waals surface area contributed by atoms with Crippen molar-refractivity contribution in [3.8, 4) is 11.1 Å². The quantitative estimate of drug-likeness (QED) is 0.897. The molecule has 2 rings (SSSR count). The van der Waals surface area contributed by atoms with E-state index in [-0.39, 0.29) is 0 Å². The van der Waals surface area contributed by atoms with E-state index >= 15 is 0 Å². The first-order valence-electron chi connectivity index (χ1n) is 6.43. The summed E-state index contributed by atoms with van der Waals surface area (Å²) in [6, 6.07) is 6.27. The molecule has 18 heavy (non-hydrogen) atoms. The van der Waals surface area contributed by atoms with Gasteiger partial charge in [0.1, 0.15) is 0 Å². The second kappa shape index (κ2) is 5.36. The van der Waals surface area contributed by atoms with Crippen molar-refractivity contribution in [3.63, 3.8) is 0 Å². The van der Waals surface area contributed by atoms with Gasteiger partial charge in [0.15, 0.2) is 0 Å². The summed E-state index contributed by atoms with van der Waals surface area (Å²) >= 11 is 0. The molecule has 0 saturated heterocycles. The van der Waals surface area contributed by atoms with Gasteiger partial charge >= 0.3 is 0 Å². The third kappa shape index (κ3) is 2.62. The summed E-state index contributed by atoms with van der Waals surface area (Å²) in [6.45, 7) is 8.05. The van der Waals surface area contributed by atoms with Gasteiger partial charge in [0.25, 0.3) is 0 Å². The zero-order valence-electron chi connectivity index (χ0n) is 11.4. The van der Waals surface area contributed by atoms with E-state index in [1.165, 1.54) is 22.3 Å². The Labute approximate surface area is 109 Å². The average molecular weight is 243 g/mol. The van der Waals surface area contributed by atoms with Gasteiger partial charge in [0.2, 0.25) is 0 Å². The molecule has 0 radical (unpaired) electrons. The maximum atomic E-state index is 5.75. The average Bonchev–Trinajstić information content (AvgIpc) is 2.76. The second-order valence-electron chi connectivity index (χ2n) is 5.14. The van der Waals surface area contributed by atoms with Crippen molar-refractivity contribution in [2.45, 2.75) is 33.9 Å². The minimum Gasteiger partial charge on any atom is -0.326 e. The zero-order valence-corrected chi connectivity index (χ0v) is 11.4. The maximum Gasteiger partial charge on any atom is 0.0568 e. The van der Waals surface area contributed by atoms with Gasteiger partial charge in [-0.2, -0.15) is 5.10 Å². The molecule has 0 bridgehead atoms. The van der Waals surface area contributed by atoms with Crippen LogP contribution in [-0.2, 0) is 13.1 Å². The zero-order chi connectivity index (χ0) is 13.1. The van der Waals surface area contributed by atoms with Crippen molar-refractivity contribution < 1.29 is 0 Å². The molecule has 3 heteroatoms. The maximum absolute atomic E-state index is 5.75. The normalized spacial score (nSPS) is 11.2. The van der Waals surface area contributed by atoms with E-state index in [4.69, 9.17) is 5.73 Å². The van der Waals surface area contributed by atoms with Gasteiger partial charge in [-0.05, 0) is 29.5 Å². The third-order valence-corrected chi connectivity index (χ3v) is 3.16. The van der Waals surface area contributed by atoms with Crippen LogP contribution in [0.2, 0.25) is 0 Å². The molecule has 2 N–H and O–H groups in total. The highest BCUT2D eigenvalue weighted by molar-refractivity contribution is 5.67. The minimum absolute atomic E-state index is 0.583. The highest BCUT2D eigenvalue weighted by Gasteiger charge is 2.08. The minimum atomic E-state index is 0.583. The van der Waals surface area contributed by atoms with Crippen LogP contribution in [-0.4, -0.2) is 9.78 Å². The summed E-state index contributed by atoms with van der Waals surface area (Å²) in [7, 11) is 0. The topological polar surface area (TPSA) is 43.8 Å². The number of nitrogens with two attached hydrogens (primary N) is 1. The molecule has 0 spiro atoms. The van der Waals surface area contributed by atoms with E-state index in [0.717, 1.165) is 6.54 Å². The predicted molar refractivity (Wildman–Crippen MR) is 75.1 cm³/mol. The number of nitrogens with zero attached hydrogens (tertiary/aromatic N) is 2. The fourth-order valence-electron chi connectivity index (χ4n) is 2.19.